The lowest BCUT2D eigenvalue weighted by molar-refractivity contribution is 0.266. The highest BCUT2D eigenvalue weighted by atomic mass is 15.1. The molecule has 112 valence electrons. The molecule has 0 radical (unpaired) electrons. The van der Waals surface area contributed by atoms with Gasteiger partial charge < -0.3 is 15.1 Å². The normalized spacial score (nSPS) is 19.9. The van der Waals surface area contributed by atoms with Gasteiger partial charge in [0.05, 0.1) is 0 Å². The van der Waals surface area contributed by atoms with E-state index < -0.39 is 0 Å². The topological polar surface area (TPSA) is 18.5 Å². The first-order valence-electron chi connectivity index (χ1n) is 7.83. The first-order valence-corrected chi connectivity index (χ1v) is 7.83. The van der Waals surface area contributed by atoms with Crippen LogP contribution in [0, 0.1) is 5.92 Å². The van der Waals surface area contributed by atoms with Crippen LogP contribution in [0.3, 0.4) is 0 Å². The van der Waals surface area contributed by atoms with Crippen LogP contribution < -0.4 is 5.32 Å². The van der Waals surface area contributed by atoms with Gasteiger partial charge in [0.15, 0.2) is 0 Å². The molecule has 1 N–H and O–H groups in total. The zero-order valence-corrected chi connectivity index (χ0v) is 13.2. The summed E-state index contributed by atoms with van der Waals surface area (Å²) in [6, 6.07) is 8.81. The van der Waals surface area contributed by atoms with E-state index in [2.05, 4.69) is 60.4 Å². The van der Waals surface area contributed by atoms with Crippen molar-refractivity contribution in [3.63, 3.8) is 0 Å². The molecule has 20 heavy (non-hydrogen) atoms. The van der Waals surface area contributed by atoms with Crippen molar-refractivity contribution in [3.8, 4) is 0 Å². The lowest BCUT2D eigenvalue weighted by Crippen LogP contribution is -2.27. The number of likely N-dealkylation sites (tertiary alicyclic amines) is 1. The lowest BCUT2D eigenvalue weighted by atomic mass is 10.1. The molecule has 0 bridgehead atoms. The van der Waals surface area contributed by atoms with Crippen LogP contribution >= 0.6 is 0 Å². The molecule has 1 saturated heterocycles. The Kier molecular flexibility index (Phi) is 6.02. The summed E-state index contributed by atoms with van der Waals surface area (Å²) in [5.74, 6) is 0.839. The average Bonchev–Trinajstić information content (AvgIpc) is 2.83. The largest absolute Gasteiger partial charge is 0.313 e. The van der Waals surface area contributed by atoms with E-state index >= 15 is 0 Å². The molecular weight excluding hydrogens is 246 g/mol. The molecule has 0 saturated carbocycles. The smallest absolute Gasteiger partial charge is 0.0234 e. The summed E-state index contributed by atoms with van der Waals surface area (Å²) in [6.45, 7) is 8.94. The van der Waals surface area contributed by atoms with Gasteiger partial charge in [-0.05, 0) is 50.7 Å². The van der Waals surface area contributed by atoms with E-state index in [9.17, 15) is 0 Å². The van der Waals surface area contributed by atoms with Gasteiger partial charge in [-0.3, -0.25) is 0 Å². The van der Waals surface area contributed by atoms with Gasteiger partial charge >= 0.3 is 0 Å². The molecule has 1 atom stereocenters. The molecule has 0 amide bonds. The maximum Gasteiger partial charge on any atom is 0.0234 e. The maximum atomic E-state index is 3.43. The minimum absolute atomic E-state index is 0.839. The van der Waals surface area contributed by atoms with Gasteiger partial charge in [0.25, 0.3) is 0 Å². The number of nitrogens with zero attached hydrogens (tertiary/aromatic N) is 2. The number of benzene rings is 1. The molecule has 1 aromatic carbocycles. The number of nitrogens with one attached hydrogen (secondary N) is 1. The third-order valence-corrected chi connectivity index (χ3v) is 4.18. The Hall–Kier alpha value is -0.900. The Labute approximate surface area is 124 Å². The van der Waals surface area contributed by atoms with E-state index in [1.165, 1.54) is 37.2 Å². The van der Waals surface area contributed by atoms with Crippen molar-refractivity contribution in [2.45, 2.75) is 26.4 Å². The van der Waals surface area contributed by atoms with Gasteiger partial charge in [-0.15, -0.1) is 0 Å². The van der Waals surface area contributed by atoms with Gasteiger partial charge in [-0.25, -0.2) is 0 Å². The molecule has 1 heterocycles. The summed E-state index contributed by atoms with van der Waals surface area (Å²) in [6.07, 6.45) is 1.35. The van der Waals surface area contributed by atoms with Gasteiger partial charge in [0.1, 0.15) is 0 Å². The highest BCUT2D eigenvalue weighted by molar-refractivity contribution is 5.26. The van der Waals surface area contributed by atoms with Crippen molar-refractivity contribution in [1.82, 2.24) is 15.1 Å². The predicted octanol–water partition coefficient (Wildman–Crippen LogP) is 2.18. The van der Waals surface area contributed by atoms with Crippen molar-refractivity contribution in [2.75, 3.05) is 40.3 Å². The highest BCUT2D eigenvalue weighted by Gasteiger charge is 2.20. The number of rotatable bonds is 7. The molecule has 3 heteroatoms. The molecule has 3 nitrogen and oxygen atoms in total. The summed E-state index contributed by atoms with van der Waals surface area (Å²) in [4.78, 5) is 4.92. The fourth-order valence-electron chi connectivity index (χ4n) is 3.12. The van der Waals surface area contributed by atoms with Crippen molar-refractivity contribution in [3.05, 3.63) is 35.4 Å². The van der Waals surface area contributed by atoms with E-state index in [1.807, 2.05) is 0 Å². The maximum absolute atomic E-state index is 3.43. The van der Waals surface area contributed by atoms with E-state index in [4.69, 9.17) is 0 Å². The Morgan fingerprint density at radius 3 is 2.70 bits per heavy atom. The first-order chi connectivity index (χ1) is 9.69. The molecule has 1 aliphatic rings. The van der Waals surface area contributed by atoms with Gasteiger partial charge in [-0.1, -0.05) is 31.2 Å². The zero-order chi connectivity index (χ0) is 14.4. The van der Waals surface area contributed by atoms with Crippen LogP contribution in [0.5, 0.6) is 0 Å². The second kappa shape index (κ2) is 7.77. The Morgan fingerprint density at radius 1 is 1.30 bits per heavy atom. The van der Waals surface area contributed by atoms with E-state index in [0.717, 1.165) is 25.6 Å². The fourth-order valence-corrected chi connectivity index (χ4v) is 3.12. The quantitative estimate of drug-likeness (QED) is 0.823. The number of hydrogen-bond donors (Lipinski definition) is 1. The summed E-state index contributed by atoms with van der Waals surface area (Å²) in [5.41, 5.74) is 2.90. The minimum Gasteiger partial charge on any atom is -0.313 e. The van der Waals surface area contributed by atoms with Crippen molar-refractivity contribution in [1.29, 1.82) is 0 Å². The highest BCUT2D eigenvalue weighted by Crippen LogP contribution is 2.17. The molecule has 1 fully saturated rings. The third kappa shape index (κ3) is 4.58. The monoisotopic (exact) mass is 275 g/mol. The SMILES string of the molecule is CCNCc1ccccc1CN(C)CC1CCN(C)C1. The van der Waals surface area contributed by atoms with Crippen molar-refractivity contribution >= 4 is 0 Å². The van der Waals surface area contributed by atoms with Crippen molar-refractivity contribution in [2.24, 2.45) is 5.92 Å². The minimum atomic E-state index is 0.839. The van der Waals surface area contributed by atoms with Crippen LogP contribution in [0.25, 0.3) is 0 Å². The average molecular weight is 275 g/mol. The van der Waals surface area contributed by atoms with E-state index in [0.29, 0.717) is 0 Å². The molecule has 0 aliphatic carbocycles. The molecule has 1 aromatic rings. The van der Waals surface area contributed by atoms with E-state index in [-0.39, 0.29) is 0 Å². The predicted molar refractivity (Wildman–Crippen MR) is 85.8 cm³/mol. The molecule has 1 unspecified atom stereocenters. The summed E-state index contributed by atoms with van der Waals surface area (Å²) in [7, 11) is 4.48. The summed E-state index contributed by atoms with van der Waals surface area (Å²) < 4.78 is 0. The van der Waals surface area contributed by atoms with Crippen LogP contribution in [-0.2, 0) is 13.1 Å². The molecule has 0 aromatic heterocycles. The summed E-state index contributed by atoms with van der Waals surface area (Å²) >= 11 is 0. The fraction of sp³-hybridized carbons (Fsp3) is 0.647. The summed E-state index contributed by atoms with van der Waals surface area (Å²) in [5, 5.41) is 3.43. The second-order valence-electron chi connectivity index (χ2n) is 6.16. The lowest BCUT2D eigenvalue weighted by Gasteiger charge is -2.22. The van der Waals surface area contributed by atoms with Gasteiger partial charge in [0, 0.05) is 26.2 Å². The Morgan fingerprint density at radius 2 is 2.05 bits per heavy atom. The third-order valence-electron chi connectivity index (χ3n) is 4.18. The van der Waals surface area contributed by atoms with Crippen LogP contribution in [0.15, 0.2) is 24.3 Å². The molecule has 0 spiro atoms. The van der Waals surface area contributed by atoms with Gasteiger partial charge in [-0.2, -0.15) is 0 Å². The number of hydrogen-bond acceptors (Lipinski definition) is 3. The second-order valence-corrected chi connectivity index (χ2v) is 6.16. The van der Waals surface area contributed by atoms with Gasteiger partial charge in [0.2, 0.25) is 0 Å². The Bertz CT molecular complexity index is 405. The molecular formula is C17H29N3. The molecule has 1 aliphatic heterocycles. The van der Waals surface area contributed by atoms with Crippen LogP contribution in [0.2, 0.25) is 0 Å². The van der Waals surface area contributed by atoms with Crippen LogP contribution in [0.4, 0.5) is 0 Å². The van der Waals surface area contributed by atoms with Crippen molar-refractivity contribution < 1.29 is 0 Å². The van der Waals surface area contributed by atoms with Crippen LogP contribution in [0.1, 0.15) is 24.5 Å². The standard InChI is InChI=1S/C17H29N3/c1-4-18-11-16-7-5-6-8-17(16)14-20(3)13-15-9-10-19(2)12-15/h5-8,15,18H,4,9-14H2,1-3H3. The van der Waals surface area contributed by atoms with E-state index in [1.54, 1.807) is 0 Å². The van der Waals surface area contributed by atoms with Crippen LogP contribution in [-0.4, -0.2) is 50.1 Å². The molecule has 2 rings (SSSR count). The zero-order valence-electron chi connectivity index (χ0n) is 13.2. The first kappa shape index (κ1) is 15.5. The Balaban J connectivity index is 1.88.